The summed E-state index contributed by atoms with van der Waals surface area (Å²) in [5, 5.41) is 9.68. The highest BCUT2D eigenvalue weighted by atomic mass is 35.5. The molecule has 1 amide bonds. The third-order valence-electron chi connectivity index (χ3n) is 3.80. The number of halogens is 1. The van der Waals surface area contributed by atoms with Crippen molar-refractivity contribution in [2.24, 2.45) is 5.92 Å². The van der Waals surface area contributed by atoms with Crippen molar-refractivity contribution in [3.05, 3.63) is 34.9 Å². The summed E-state index contributed by atoms with van der Waals surface area (Å²) in [7, 11) is 0. The Morgan fingerprint density at radius 1 is 1.45 bits per heavy atom. The van der Waals surface area contributed by atoms with E-state index < -0.39 is 11.9 Å². The Balaban J connectivity index is 2.08. The van der Waals surface area contributed by atoms with Gasteiger partial charge in [0.1, 0.15) is 0 Å². The van der Waals surface area contributed by atoms with Crippen LogP contribution in [0.5, 0.6) is 0 Å². The monoisotopic (exact) mass is 295 g/mol. The predicted octanol–water partition coefficient (Wildman–Crippen LogP) is 2.77. The molecule has 1 aliphatic rings. The fourth-order valence-electron chi connectivity index (χ4n) is 2.57. The molecule has 0 aliphatic carbocycles. The van der Waals surface area contributed by atoms with Gasteiger partial charge in [0.2, 0.25) is 5.91 Å². The van der Waals surface area contributed by atoms with E-state index in [1.165, 1.54) is 0 Å². The number of hydrogen-bond acceptors (Lipinski definition) is 2. The number of piperidine rings is 1. The van der Waals surface area contributed by atoms with Gasteiger partial charge in [0.05, 0.1) is 11.8 Å². The lowest BCUT2D eigenvalue weighted by Gasteiger charge is -2.32. The summed E-state index contributed by atoms with van der Waals surface area (Å²) in [6, 6.07) is 7.23. The maximum absolute atomic E-state index is 12.5. The van der Waals surface area contributed by atoms with E-state index in [4.69, 9.17) is 16.7 Å². The van der Waals surface area contributed by atoms with Crippen molar-refractivity contribution in [2.75, 3.05) is 13.1 Å². The number of amides is 1. The minimum absolute atomic E-state index is 0.0294. The highest BCUT2D eigenvalue weighted by Crippen LogP contribution is 2.24. The molecule has 1 N–H and O–H groups in total. The largest absolute Gasteiger partial charge is 0.481 e. The second-order valence-corrected chi connectivity index (χ2v) is 5.67. The number of hydrogen-bond donors (Lipinski definition) is 1. The maximum atomic E-state index is 12.5. The highest BCUT2D eigenvalue weighted by molar-refractivity contribution is 6.30. The van der Waals surface area contributed by atoms with E-state index in [9.17, 15) is 9.59 Å². The SMILES string of the molecule is CC(C(=O)N1CCCC(C(=O)O)C1)c1cccc(Cl)c1. The Kier molecular flexibility index (Phi) is 4.65. The number of benzene rings is 1. The van der Waals surface area contributed by atoms with E-state index in [-0.39, 0.29) is 11.8 Å². The van der Waals surface area contributed by atoms with Crippen molar-refractivity contribution in [3.63, 3.8) is 0 Å². The average Bonchev–Trinajstić information content (AvgIpc) is 2.45. The zero-order chi connectivity index (χ0) is 14.7. The Morgan fingerprint density at radius 2 is 2.20 bits per heavy atom. The van der Waals surface area contributed by atoms with Crippen molar-refractivity contribution >= 4 is 23.5 Å². The molecule has 0 radical (unpaired) electrons. The third-order valence-corrected chi connectivity index (χ3v) is 4.04. The van der Waals surface area contributed by atoms with E-state index >= 15 is 0 Å². The van der Waals surface area contributed by atoms with Gasteiger partial charge < -0.3 is 10.0 Å². The molecule has 108 valence electrons. The van der Waals surface area contributed by atoms with E-state index in [1.807, 2.05) is 19.1 Å². The normalized spacial score (nSPS) is 20.5. The van der Waals surface area contributed by atoms with E-state index in [0.29, 0.717) is 24.5 Å². The molecule has 1 fully saturated rings. The lowest BCUT2D eigenvalue weighted by Crippen LogP contribution is -2.43. The molecular weight excluding hydrogens is 278 g/mol. The van der Waals surface area contributed by atoms with Crippen LogP contribution in [-0.4, -0.2) is 35.0 Å². The summed E-state index contributed by atoms with van der Waals surface area (Å²) in [6.07, 6.45) is 1.38. The molecule has 0 spiro atoms. The van der Waals surface area contributed by atoms with Crippen LogP contribution in [0.1, 0.15) is 31.2 Å². The summed E-state index contributed by atoms with van der Waals surface area (Å²) in [5.41, 5.74) is 0.861. The summed E-state index contributed by atoms with van der Waals surface area (Å²) < 4.78 is 0. The Hall–Kier alpha value is -1.55. The number of carbonyl (C=O) groups excluding carboxylic acids is 1. The molecule has 1 aliphatic heterocycles. The Labute approximate surface area is 123 Å². The van der Waals surface area contributed by atoms with Crippen LogP contribution in [0, 0.1) is 5.92 Å². The third kappa shape index (κ3) is 3.31. The van der Waals surface area contributed by atoms with Crippen molar-refractivity contribution in [1.29, 1.82) is 0 Å². The first-order valence-corrected chi connectivity index (χ1v) is 7.14. The molecular formula is C15H18ClNO3. The van der Waals surface area contributed by atoms with Crippen LogP contribution in [0.4, 0.5) is 0 Å². The van der Waals surface area contributed by atoms with Crippen molar-refractivity contribution in [3.8, 4) is 0 Å². The molecule has 1 aromatic carbocycles. The first kappa shape index (κ1) is 14.9. The molecule has 2 rings (SSSR count). The van der Waals surface area contributed by atoms with Gasteiger partial charge in [-0.05, 0) is 37.5 Å². The van der Waals surface area contributed by atoms with E-state index in [1.54, 1.807) is 17.0 Å². The molecule has 4 nitrogen and oxygen atoms in total. The van der Waals surface area contributed by atoms with Crippen molar-refractivity contribution in [1.82, 2.24) is 4.90 Å². The summed E-state index contributed by atoms with van der Waals surface area (Å²) in [5.74, 6) is -1.60. The second kappa shape index (κ2) is 6.27. The Bertz CT molecular complexity index is 518. The molecule has 1 heterocycles. The van der Waals surface area contributed by atoms with Crippen LogP contribution in [0.25, 0.3) is 0 Å². The summed E-state index contributed by atoms with van der Waals surface area (Å²) >= 11 is 5.94. The van der Waals surface area contributed by atoms with Gasteiger partial charge in [0.15, 0.2) is 0 Å². The standard InChI is InChI=1S/C15H18ClNO3/c1-10(11-4-2-6-13(16)8-11)14(18)17-7-3-5-12(9-17)15(19)20/h2,4,6,8,10,12H,3,5,7,9H2,1H3,(H,19,20). The molecule has 2 atom stereocenters. The minimum Gasteiger partial charge on any atom is -0.481 e. The number of rotatable bonds is 3. The lowest BCUT2D eigenvalue weighted by molar-refractivity contribution is -0.146. The summed E-state index contributed by atoms with van der Waals surface area (Å²) in [6.45, 7) is 2.77. The molecule has 1 aromatic rings. The smallest absolute Gasteiger partial charge is 0.308 e. The maximum Gasteiger partial charge on any atom is 0.308 e. The van der Waals surface area contributed by atoms with E-state index in [0.717, 1.165) is 12.0 Å². The molecule has 20 heavy (non-hydrogen) atoms. The minimum atomic E-state index is -0.821. The summed E-state index contributed by atoms with van der Waals surface area (Å²) in [4.78, 5) is 25.2. The zero-order valence-electron chi connectivity index (χ0n) is 11.4. The highest BCUT2D eigenvalue weighted by Gasteiger charge is 2.30. The topological polar surface area (TPSA) is 57.6 Å². The zero-order valence-corrected chi connectivity index (χ0v) is 12.1. The van der Waals surface area contributed by atoms with Crippen LogP contribution in [0.15, 0.2) is 24.3 Å². The van der Waals surface area contributed by atoms with Crippen LogP contribution >= 0.6 is 11.6 Å². The van der Waals surface area contributed by atoms with E-state index in [2.05, 4.69) is 0 Å². The van der Waals surface area contributed by atoms with Crippen LogP contribution < -0.4 is 0 Å². The van der Waals surface area contributed by atoms with Crippen molar-refractivity contribution < 1.29 is 14.7 Å². The number of carbonyl (C=O) groups is 2. The van der Waals surface area contributed by atoms with Gasteiger partial charge in [-0.15, -0.1) is 0 Å². The van der Waals surface area contributed by atoms with Crippen LogP contribution in [-0.2, 0) is 9.59 Å². The molecule has 0 bridgehead atoms. The Morgan fingerprint density at radius 3 is 2.85 bits per heavy atom. The predicted molar refractivity (Wildman–Crippen MR) is 76.8 cm³/mol. The molecule has 1 saturated heterocycles. The molecule has 5 heteroatoms. The first-order valence-electron chi connectivity index (χ1n) is 6.76. The van der Waals surface area contributed by atoms with Gasteiger partial charge in [-0.25, -0.2) is 0 Å². The van der Waals surface area contributed by atoms with Gasteiger partial charge in [0, 0.05) is 18.1 Å². The number of nitrogens with zero attached hydrogens (tertiary/aromatic N) is 1. The number of aliphatic carboxylic acids is 1. The fourth-order valence-corrected chi connectivity index (χ4v) is 2.77. The molecule has 2 unspecified atom stereocenters. The van der Waals surface area contributed by atoms with Crippen LogP contribution in [0.3, 0.4) is 0 Å². The molecule has 0 aromatic heterocycles. The van der Waals surface area contributed by atoms with Gasteiger partial charge in [-0.3, -0.25) is 9.59 Å². The quantitative estimate of drug-likeness (QED) is 0.933. The fraction of sp³-hybridized carbons (Fsp3) is 0.467. The lowest BCUT2D eigenvalue weighted by atomic mass is 9.94. The molecule has 0 saturated carbocycles. The number of likely N-dealkylation sites (tertiary alicyclic amines) is 1. The van der Waals surface area contributed by atoms with Crippen LogP contribution in [0.2, 0.25) is 5.02 Å². The average molecular weight is 296 g/mol. The number of carboxylic acids is 1. The van der Waals surface area contributed by atoms with Gasteiger partial charge >= 0.3 is 5.97 Å². The second-order valence-electron chi connectivity index (χ2n) is 5.24. The first-order chi connectivity index (χ1) is 9.49. The van der Waals surface area contributed by atoms with Gasteiger partial charge in [-0.2, -0.15) is 0 Å². The number of carboxylic acid groups (broad SMARTS) is 1. The van der Waals surface area contributed by atoms with Crippen molar-refractivity contribution in [2.45, 2.75) is 25.7 Å². The van der Waals surface area contributed by atoms with Gasteiger partial charge in [-0.1, -0.05) is 23.7 Å². The van der Waals surface area contributed by atoms with Gasteiger partial charge in [0.25, 0.3) is 0 Å².